The third kappa shape index (κ3) is 5.49. The zero-order chi connectivity index (χ0) is 15.3. The Kier molecular flexibility index (Phi) is 5.90. The number of carbonyl (C=O) groups is 1. The van der Waals surface area contributed by atoms with E-state index in [4.69, 9.17) is 4.74 Å². The maximum Gasteiger partial charge on any atom is 0.406 e. The van der Waals surface area contributed by atoms with Crippen LogP contribution >= 0.6 is 0 Å². The second-order valence-corrected chi connectivity index (χ2v) is 6.17. The minimum Gasteiger partial charge on any atom is -0.381 e. The fourth-order valence-electron chi connectivity index (χ4n) is 3.38. The molecule has 0 bridgehead atoms. The molecule has 2 rings (SSSR count). The summed E-state index contributed by atoms with van der Waals surface area (Å²) in [6, 6.07) is -0.323. The van der Waals surface area contributed by atoms with Crippen LogP contribution in [0.3, 0.4) is 0 Å². The Bertz CT molecular complexity index is 334. The number of rotatable bonds is 5. The molecular formula is C15H24F3NO2. The number of amides is 1. The number of hydrogen-bond donors (Lipinski definition) is 0. The zero-order valence-corrected chi connectivity index (χ0v) is 12.3. The molecule has 0 aromatic carbocycles. The molecule has 0 atom stereocenters. The van der Waals surface area contributed by atoms with Crippen LogP contribution in [0.5, 0.6) is 0 Å². The van der Waals surface area contributed by atoms with Crippen molar-refractivity contribution in [1.82, 2.24) is 4.90 Å². The molecule has 2 fully saturated rings. The molecule has 0 spiro atoms. The van der Waals surface area contributed by atoms with E-state index >= 15 is 0 Å². The van der Waals surface area contributed by atoms with Crippen LogP contribution in [0.4, 0.5) is 13.2 Å². The van der Waals surface area contributed by atoms with Crippen LogP contribution in [-0.2, 0) is 9.53 Å². The standard InChI is InChI=1S/C15H24F3NO2/c16-15(17,18)11-19(13-7-9-21-10-8-13)14(20)6-5-12-3-1-2-4-12/h12-13H,1-11H2. The summed E-state index contributed by atoms with van der Waals surface area (Å²) in [7, 11) is 0. The largest absolute Gasteiger partial charge is 0.406 e. The molecule has 3 nitrogen and oxygen atoms in total. The van der Waals surface area contributed by atoms with Gasteiger partial charge in [0.1, 0.15) is 6.54 Å². The van der Waals surface area contributed by atoms with Gasteiger partial charge in [0.15, 0.2) is 0 Å². The molecule has 0 aromatic heterocycles. The van der Waals surface area contributed by atoms with Crippen LogP contribution in [0, 0.1) is 5.92 Å². The van der Waals surface area contributed by atoms with Crippen molar-refractivity contribution in [2.24, 2.45) is 5.92 Å². The minimum absolute atomic E-state index is 0.248. The molecular weight excluding hydrogens is 283 g/mol. The van der Waals surface area contributed by atoms with Gasteiger partial charge in [0.05, 0.1) is 0 Å². The number of halogens is 3. The molecule has 1 aliphatic heterocycles. The summed E-state index contributed by atoms with van der Waals surface area (Å²) < 4.78 is 43.4. The van der Waals surface area contributed by atoms with E-state index in [1.54, 1.807) is 0 Å². The Hall–Kier alpha value is -0.780. The van der Waals surface area contributed by atoms with Crippen molar-refractivity contribution in [2.75, 3.05) is 19.8 Å². The molecule has 0 aromatic rings. The van der Waals surface area contributed by atoms with E-state index in [0.717, 1.165) is 24.2 Å². The van der Waals surface area contributed by atoms with Crippen LogP contribution in [-0.4, -0.2) is 42.8 Å². The molecule has 1 saturated heterocycles. The topological polar surface area (TPSA) is 29.5 Å². The Balaban J connectivity index is 1.90. The minimum atomic E-state index is -4.33. The summed E-state index contributed by atoms with van der Waals surface area (Å²) in [6.45, 7) is -0.245. The highest BCUT2D eigenvalue weighted by molar-refractivity contribution is 5.76. The summed E-state index contributed by atoms with van der Waals surface area (Å²) >= 11 is 0. The third-order valence-electron chi connectivity index (χ3n) is 4.54. The fraction of sp³-hybridized carbons (Fsp3) is 0.933. The number of hydrogen-bond acceptors (Lipinski definition) is 2. The van der Waals surface area contributed by atoms with Crippen LogP contribution in [0.1, 0.15) is 51.4 Å². The summed E-state index contributed by atoms with van der Waals surface area (Å²) in [5, 5.41) is 0. The molecule has 1 aliphatic carbocycles. The lowest BCUT2D eigenvalue weighted by Gasteiger charge is -2.35. The Morgan fingerprint density at radius 3 is 2.29 bits per heavy atom. The van der Waals surface area contributed by atoms with Crippen molar-refractivity contribution in [1.29, 1.82) is 0 Å². The predicted molar refractivity (Wildman–Crippen MR) is 72.8 cm³/mol. The summed E-state index contributed by atoms with van der Waals surface area (Å²) in [4.78, 5) is 13.3. The fourth-order valence-corrected chi connectivity index (χ4v) is 3.38. The molecule has 0 radical (unpaired) electrons. The average molecular weight is 307 g/mol. The molecule has 0 N–H and O–H groups in total. The Morgan fingerprint density at radius 1 is 1.10 bits per heavy atom. The number of carbonyl (C=O) groups excluding carboxylic acids is 1. The second kappa shape index (κ2) is 7.47. The average Bonchev–Trinajstić information content (AvgIpc) is 2.95. The molecule has 1 amide bonds. The van der Waals surface area contributed by atoms with Gasteiger partial charge in [-0.3, -0.25) is 4.79 Å². The first-order valence-electron chi connectivity index (χ1n) is 7.89. The van der Waals surface area contributed by atoms with E-state index in [9.17, 15) is 18.0 Å². The van der Waals surface area contributed by atoms with Gasteiger partial charge in [-0.05, 0) is 25.2 Å². The highest BCUT2D eigenvalue weighted by Gasteiger charge is 2.37. The lowest BCUT2D eigenvalue weighted by molar-refractivity contribution is -0.169. The van der Waals surface area contributed by atoms with Gasteiger partial charge in [-0.15, -0.1) is 0 Å². The quantitative estimate of drug-likeness (QED) is 0.777. The lowest BCUT2D eigenvalue weighted by atomic mass is 10.00. The van der Waals surface area contributed by atoms with Crippen molar-refractivity contribution in [2.45, 2.75) is 63.6 Å². The van der Waals surface area contributed by atoms with E-state index in [2.05, 4.69) is 0 Å². The highest BCUT2D eigenvalue weighted by Crippen LogP contribution is 2.30. The number of ether oxygens (including phenoxy) is 1. The van der Waals surface area contributed by atoms with Gasteiger partial charge in [0.2, 0.25) is 5.91 Å². The molecule has 1 saturated carbocycles. The van der Waals surface area contributed by atoms with Crippen molar-refractivity contribution in [3.63, 3.8) is 0 Å². The third-order valence-corrected chi connectivity index (χ3v) is 4.54. The summed E-state index contributed by atoms with van der Waals surface area (Å²) in [5.74, 6) is 0.183. The van der Waals surface area contributed by atoms with E-state index < -0.39 is 12.7 Å². The van der Waals surface area contributed by atoms with Crippen molar-refractivity contribution < 1.29 is 22.7 Å². The number of alkyl halides is 3. The van der Waals surface area contributed by atoms with Gasteiger partial charge >= 0.3 is 6.18 Å². The van der Waals surface area contributed by atoms with Gasteiger partial charge < -0.3 is 9.64 Å². The zero-order valence-electron chi connectivity index (χ0n) is 12.3. The van der Waals surface area contributed by atoms with Gasteiger partial charge in [-0.1, -0.05) is 25.7 Å². The molecule has 1 heterocycles. The normalized spacial score (nSPS) is 21.7. The molecule has 122 valence electrons. The van der Waals surface area contributed by atoms with Crippen LogP contribution < -0.4 is 0 Å². The first kappa shape index (κ1) is 16.6. The summed E-state index contributed by atoms with van der Waals surface area (Å²) in [5.41, 5.74) is 0. The van der Waals surface area contributed by atoms with E-state index in [-0.39, 0.29) is 18.4 Å². The van der Waals surface area contributed by atoms with E-state index in [0.29, 0.717) is 32.0 Å². The monoisotopic (exact) mass is 307 g/mol. The number of nitrogens with zero attached hydrogens (tertiary/aromatic N) is 1. The Morgan fingerprint density at radius 2 is 1.71 bits per heavy atom. The molecule has 2 aliphatic rings. The van der Waals surface area contributed by atoms with Crippen molar-refractivity contribution >= 4 is 5.91 Å². The van der Waals surface area contributed by atoms with Crippen LogP contribution in [0.2, 0.25) is 0 Å². The summed E-state index contributed by atoms with van der Waals surface area (Å²) in [6.07, 6.45) is 2.26. The maximum absolute atomic E-state index is 12.7. The predicted octanol–water partition coefficient (Wildman–Crippen LogP) is 3.53. The maximum atomic E-state index is 12.7. The SMILES string of the molecule is O=C(CCC1CCCC1)N(CC(F)(F)F)C1CCOCC1. The molecule has 6 heteroatoms. The highest BCUT2D eigenvalue weighted by atomic mass is 19.4. The van der Waals surface area contributed by atoms with Crippen LogP contribution in [0.25, 0.3) is 0 Å². The second-order valence-electron chi connectivity index (χ2n) is 6.17. The Labute approximate surface area is 123 Å². The smallest absolute Gasteiger partial charge is 0.381 e. The van der Waals surface area contributed by atoms with Crippen molar-refractivity contribution in [3.05, 3.63) is 0 Å². The first-order chi connectivity index (χ1) is 9.96. The van der Waals surface area contributed by atoms with Gasteiger partial charge in [-0.25, -0.2) is 0 Å². The van der Waals surface area contributed by atoms with E-state index in [1.165, 1.54) is 12.8 Å². The van der Waals surface area contributed by atoms with Crippen molar-refractivity contribution in [3.8, 4) is 0 Å². The first-order valence-corrected chi connectivity index (χ1v) is 7.89. The van der Waals surface area contributed by atoms with Gasteiger partial charge in [0, 0.05) is 25.7 Å². The van der Waals surface area contributed by atoms with Crippen LogP contribution in [0.15, 0.2) is 0 Å². The molecule has 0 unspecified atom stereocenters. The molecule has 21 heavy (non-hydrogen) atoms. The van der Waals surface area contributed by atoms with Gasteiger partial charge in [0.25, 0.3) is 0 Å². The lowest BCUT2D eigenvalue weighted by Crippen LogP contribution is -2.47. The van der Waals surface area contributed by atoms with E-state index in [1.807, 2.05) is 0 Å². The van der Waals surface area contributed by atoms with Gasteiger partial charge in [-0.2, -0.15) is 13.2 Å².